The Morgan fingerprint density at radius 1 is 1.16 bits per heavy atom. The number of halogens is 1. The van der Waals surface area contributed by atoms with Gasteiger partial charge in [-0.1, -0.05) is 43.1 Å². The summed E-state index contributed by atoms with van der Waals surface area (Å²) in [5.74, 6) is -0.821. The molecule has 1 fully saturated rings. The number of ether oxygens (including phenoxy) is 2. The number of aliphatic hydroxyl groups is 1. The number of hydrogen-bond donors (Lipinski definition) is 1. The molecule has 0 radical (unpaired) electrons. The molecule has 2 aromatic carbocycles. The third-order valence-electron chi connectivity index (χ3n) is 5.29. The highest BCUT2D eigenvalue weighted by Crippen LogP contribution is 2.44. The van der Waals surface area contributed by atoms with Crippen LogP contribution in [-0.4, -0.2) is 41.5 Å². The van der Waals surface area contributed by atoms with E-state index in [9.17, 15) is 14.7 Å². The third-order valence-corrected chi connectivity index (χ3v) is 5.52. The summed E-state index contributed by atoms with van der Waals surface area (Å²) in [5, 5.41) is 11.7. The van der Waals surface area contributed by atoms with Crippen LogP contribution in [0.1, 0.15) is 50.8 Å². The van der Waals surface area contributed by atoms with Gasteiger partial charge in [0, 0.05) is 17.1 Å². The fraction of sp³-hybridized carbons (Fsp3) is 0.360. The molecule has 1 atom stereocenters. The number of methoxy groups -OCH3 is 1. The zero-order valence-electron chi connectivity index (χ0n) is 18.7. The van der Waals surface area contributed by atoms with E-state index in [1.165, 1.54) is 18.1 Å². The molecule has 3 rings (SSSR count). The van der Waals surface area contributed by atoms with Gasteiger partial charge in [0.1, 0.15) is 17.3 Å². The molecule has 1 N–H and O–H groups in total. The molecule has 1 heterocycles. The molecule has 0 aromatic heterocycles. The number of Topliss-reactive ketones (excluding diaryl/α,β-unsaturated/α-hetero) is 1. The van der Waals surface area contributed by atoms with E-state index in [1.54, 1.807) is 18.2 Å². The van der Waals surface area contributed by atoms with Gasteiger partial charge in [0.05, 0.1) is 30.4 Å². The van der Waals surface area contributed by atoms with Crippen LogP contribution in [0.4, 0.5) is 0 Å². The molecule has 2 aromatic rings. The van der Waals surface area contributed by atoms with E-state index in [4.69, 9.17) is 21.1 Å². The van der Waals surface area contributed by atoms with E-state index in [-0.39, 0.29) is 23.0 Å². The first kappa shape index (κ1) is 23.7. The van der Waals surface area contributed by atoms with E-state index in [0.29, 0.717) is 28.6 Å². The van der Waals surface area contributed by atoms with Gasteiger partial charge in [0.15, 0.2) is 0 Å². The lowest BCUT2D eigenvalue weighted by Crippen LogP contribution is -2.31. The van der Waals surface area contributed by atoms with Gasteiger partial charge in [-0.2, -0.15) is 0 Å². The molecule has 0 aliphatic carbocycles. The monoisotopic (exact) mass is 457 g/mol. The lowest BCUT2D eigenvalue weighted by molar-refractivity contribution is -0.139. The molecule has 170 valence electrons. The minimum Gasteiger partial charge on any atom is -0.507 e. The maximum atomic E-state index is 13.2. The number of carbonyl (C=O) groups is 2. The van der Waals surface area contributed by atoms with Crippen molar-refractivity contribution in [1.29, 1.82) is 0 Å². The van der Waals surface area contributed by atoms with Crippen molar-refractivity contribution < 1.29 is 24.2 Å². The van der Waals surface area contributed by atoms with E-state index in [1.807, 2.05) is 39.0 Å². The number of aliphatic hydroxyl groups excluding tert-OH is 1. The molecule has 1 aliphatic rings. The number of rotatable bonds is 8. The van der Waals surface area contributed by atoms with E-state index in [0.717, 1.165) is 12.8 Å². The summed E-state index contributed by atoms with van der Waals surface area (Å²) in [6.45, 7) is 6.20. The number of ketones is 1. The van der Waals surface area contributed by atoms with Crippen molar-refractivity contribution in [3.8, 4) is 11.5 Å². The quantitative estimate of drug-likeness (QED) is 0.328. The molecule has 1 saturated heterocycles. The van der Waals surface area contributed by atoms with Gasteiger partial charge in [-0.3, -0.25) is 9.59 Å². The Balaban J connectivity index is 2.26. The molecule has 0 bridgehead atoms. The van der Waals surface area contributed by atoms with Crippen LogP contribution >= 0.6 is 11.6 Å². The van der Waals surface area contributed by atoms with Crippen LogP contribution in [0.5, 0.6) is 11.5 Å². The minimum absolute atomic E-state index is 0.00789. The van der Waals surface area contributed by atoms with Crippen LogP contribution in [0.15, 0.2) is 48.0 Å². The summed E-state index contributed by atoms with van der Waals surface area (Å²) in [5.41, 5.74) is 0.881. The van der Waals surface area contributed by atoms with Gasteiger partial charge in [-0.25, -0.2) is 0 Å². The highest BCUT2D eigenvalue weighted by molar-refractivity contribution is 6.46. The van der Waals surface area contributed by atoms with Crippen LogP contribution in [0.25, 0.3) is 5.76 Å². The lowest BCUT2D eigenvalue weighted by atomic mass is 9.94. The molecular weight excluding hydrogens is 430 g/mol. The molecule has 0 saturated carbocycles. The molecule has 7 heteroatoms. The van der Waals surface area contributed by atoms with E-state index < -0.39 is 17.7 Å². The third kappa shape index (κ3) is 4.60. The molecule has 0 spiro atoms. The van der Waals surface area contributed by atoms with Gasteiger partial charge >= 0.3 is 0 Å². The fourth-order valence-corrected chi connectivity index (χ4v) is 4.01. The zero-order valence-corrected chi connectivity index (χ0v) is 19.5. The number of nitrogens with zero attached hydrogens (tertiary/aromatic N) is 1. The van der Waals surface area contributed by atoms with Gasteiger partial charge in [-0.15, -0.1) is 0 Å². The number of likely N-dealkylation sites (tertiary alicyclic amines) is 1. The average molecular weight is 458 g/mol. The van der Waals surface area contributed by atoms with Crippen LogP contribution in [0.3, 0.4) is 0 Å². The van der Waals surface area contributed by atoms with Crippen molar-refractivity contribution in [3.63, 3.8) is 0 Å². The largest absolute Gasteiger partial charge is 0.507 e. The fourth-order valence-electron chi connectivity index (χ4n) is 3.84. The summed E-state index contributed by atoms with van der Waals surface area (Å²) in [6, 6.07) is 11.2. The van der Waals surface area contributed by atoms with Gasteiger partial charge in [-0.05, 0) is 44.5 Å². The number of amides is 1. The average Bonchev–Trinajstić information content (AvgIpc) is 3.01. The second-order valence-electron chi connectivity index (χ2n) is 7.90. The zero-order chi connectivity index (χ0) is 23.4. The Labute approximate surface area is 193 Å². The van der Waals surface area contributed by atoms with Crippen molar-refractivity contribution >= 4 is 29.1 Å². The van der Waals surface area contributed by atoms with Gasteiger partial charge < -0.3 is 19.5 Å². The summed E-state index contributed by atoms with van der Waals surface area (Å²) in [6.07, 6.45) is 1.46. The van der Waals surface area contributed by atoms with Crippen molar-refractivity contribution in [2.45, 2.75) is 45.8 Å². The van der Waals surface area contributed by atoms with Crippen molar-refractivity contribution in [3.05, 3.63) is 64.2 Å². The number of hydrogen-bond acceptors (Lipinski definition) is 5. The lowest BCUT2D eigenvalue weighted by Gasteiger charge is -2.27. The van der Waals surface area contributed by atoms with Crippen LogP contribution in [0.2, 0.25) is 5.02 Å². The number of carbonyl (C=O) groups excluding carboxylic acids is 2. The van der Waals surface area contributed by atoms with Crippen molar-refractivity contribution in [1.82, 2.24) is 4.90 Å². The Morgan fingerprint density at radius 2 is 1.88 bits per heavy atom. The predicted octanol–water partition coefficient (Wildman–Crippen LogP) is 5.36. The maximum Gasteiger partial charge on any atom is 0.295 e. The number of unbranched alkanes of at least 4 members (excludes halogenated alkanes) is 1. The van der Waals surface area contributed by atoms with E-state index >= 15 is 0 Å². The summed E-state index contributed by atoms with van der Waals surface area (Å²) >= 11 is 6.15. The smallest absolute Gasteiger partial charge is 0.295 e. The SMILES string of the molecule is CCCCN1C(=O)C(=O)/C(=C(/O)c2cc(Cl)ccc2OC)C1c1ccccc1OC(C)C. The normalized spacial score (nSPS) is 17.8. The molecule has 1 unspecified atom stereocenters. The highest BCUT2D eigenvalue weighted by atomic mass is 35.5. The second kappa shape index (κ2) is 10.1. The van der Waals surface area contributed by atoms with Crippen LogP contribution in [0, 0.1) is 0 Å². The molecule has 6 nitrogen and oxygen atoms in total. The van der Waals surface area contributed by atoms with Crippen molar-refractivity contribution in [2.24, 2.45) is 0 Å². The Morgan fingerprint density at radius 3 is 2.53 bits per heavy atom. The maximum absolute atomic E-state index is 13.2. The number of benzene rings is 2. The first-order valence-corrected chi connectivity index (χ1v) is 11.1. The molecular formula is C25H28ClNO5. The Bertz CT molecular complexity index is 1050. The first-order chi connectivity index (χ1) is 15.3. The molecule has 1 aliphatic heterocycles. The summed E-state index contributed by atoms with van der Waals surface area (Å²) < 4.78 is 11.3. The highest BCUT2D eigenvalue weighted by Gasteiger charge is 2.47. The van der Waals surface area contributed by atoms with Gasteiger partial charge in [0.25, 0.3) is 11.7 Å². The second-order valence-corrected chi connectivity index (χ2v) is 8.33. The van der Waals surface area contributed by atoms with Crippen molar-refractivity contribution in [2.75, 3.05) is 13.7 Å². The van der Waals surface area contributed by atoms with Crippen LogP contribution < -0.4 is 9.47 Å². The first-order valence-electron chi connectivity index (χ1n) is 10.7. The van der Waals surface area contributed by atoms with Crippen LogP contribution in [-0.2, 0) is 9.59 Å². The number of para-hydroxylation sites is 1. The predicted molar refractivity (Wildman–Crippen MR) is 124 cm³/mol. The minimum atomic E-state index is -0.791. The standard InChI is InChI=1S/C25H28ClNO5/c1-5-6-13-27-22(17-9-7-8-10-20(17)32-15(2)3)21(24(29)25(27)30)23(28)18-14-16(26)11-12-19(18)31-4/h7-12,14-15,22,28H,5-6,13H2,1-4H3/b23-21+. The Kier molecular flexibility index (Phi) is 7.46. The summed E-state index contributed by atoms with van der Waals surface area (Å²) in [4.78, 5) is 27.7. The molecule has 1 amide bonds. The molecule has 32 heavy (non-hydrogen) atoms. The summed E-state index contributed by atoms with van der Waals surface area (Å²) in [7, 11) is 1.46. The van der Waals surface area contributed by atoms with Gasteiger partial charge in [0.2, 0.25) is 0 Å². The van der Waals surface area contributed by atoms with E-state index in [2.05, 4.69) is 0 Å². The Hall–Kier alpha value is -2.99. The topological polar surface area (TPSA) is 76.1 Å².